The molecule has 1 aromatic carbocycles. The Bertz CT molecular complexity index is 609. The first kappa shape index (κ1) is 14.0. The Hall–Kier alpha value is -2.43. The predicted molar refractivity (Wildman–Crippen MR) is 75.5 cm³/mol. The Morgan fingerprint density at radius 1 is 1.20 bits per heavy atom. The van der Waals surface area contributed by atoms with Crippen LogP contribution >= 0.6 is 0 Å². The predicted octanol–water partition coefficient (Wildman–Crippen LogP) is 2.88. The molecule has 2 aromatic rings. The quantitative estimate of drug-likeness (QED) is 0.478. The SMILES string of the molecule is CCCOc1cc(-c2cc[n+](C)cc2)ccc1[N+](=O)[O-]. The molecule has 0 unspecified atom stereocenters. The van der Waals surface area contributed by atoms with Crippen LogP contribution in [0.25, 0.3) is 11.1 Å². The van der Waals surface area contributed by atoms with Crippen LogP contribution in [0.5, 0.6) is 5.75 Å². The molecule has 0 saturated carbocycles. The van der Waals surface area contributed by atoms with E-state index in [1.54, 1.807) is 12.1 Å². The molecule has 0 saturated heterocycles. The molecule has 0 radical (unpaired) electrons. The van der Waals surface area contributed by atoms with E-state index in [1.807, 2.05) is 43.1 Å². The minimum absolute atomic E-state index is 0.00341. The number of aromatic nitrogens is 1. The first-order chi connectivity index (χ1) is 9.61. The fourth-order valence-electron chi connectivity index (χ4n) is 1.87. The van der Waals surface area contributed by atoms with Crippen molar-refractivity contribution in [1.29, 1.82) is 0 Å². The van der Waals surface area contributed by atoms with Crippen molar-refractivity contribution >= 4 is 5.69 Å². The first-order valence-electron chi connectivity index (χ1n) is 6.48. The number of benzene rings is 1. The molecule has 0 N–H and O–H groups in total. The smallest absolute Gasteiger partial charge is 0.310 e. The highest BCUT2D eigenvalue weighted by molar-refractivity contribution is 5.67. The van der Waals surface area contributed by atoms with Crippen molar-refractivity contribution in [2.75, 3.05) is 6.61 Å². The third kappa shape index (κ3) is 3.12. The zero-order valence-corrected chi connectivity index (χ0v) is 11.6. The maximum Gasteiger partial charge on any atom is 0.310 e. The molecule has 0 fully saturated rings. The Labute approximate surface area is 117 Å². The van der Waals surface area contributed by atoms with Crippen LogP contribution in [0, 0.1) is 10.1 Å². The van der Waals surface area contributed by atoms with E-state index in [2.05, 4.69) is 0 Å². The van der Waals surface area contributed by atoms with Crippen molar-refractivity contribution in [3.05, 3.63) is 52.8 Å². The van der Waals surface area contributed by atoms with Gasteiger partial charge >= 0.3 is 5.69 Å². The van der Waals surface area contributed by atoms with E-state index in [4.69, 9.17) is 4.74 Å². The van der Waals surface area contributed by atoms with Gasteiger partial charge in [0.2, 0.25) is 0 Å². The van der Waals surface area contributed by atoms with Crippen LogP contribution < -0.4 is 9.30 Å². The van der Waals surface area contributed by atoms with E-state index in [9.17, 15) is 10.1 Å². The van der Waals surface area contributed by atoms with E-state index in [-0.39, 0.29) is 5.69 Å². The van der Waals surface area contributed by atoms with Gasteiger partial charge in [-0.2, -0.15) is 0 Å². The van der Waals surface area contributed by atoms with E-state index in [1.165, 1.54) is 6.07 Å². The van der Waals surface area contributed by atoms with Gasteiger partial charge in [-0.25, -0.2) is 4.57 Å². The summed E-state index contributed by atoms with van der Waals surface area (Å²) in [7, 11) is 1.94. The molecule has 0 amide bonds. The largest absolute Gasteiger partial charge is 0.487 e. The lowest BCUT2D eigenvalue weighted by Gasteiger charge is -2.07. The zero-order valence-electron chi connectivity index (χ0n) is 11.6. The van der Waals surface area contributed by atoms with Crippen LogP contribution in [-0.2, 0) is 7.05 Å². The van der Waals surface area contributed by atoms with Crippen LogP contribution in [0.4, 0.5) is 5.69 Å². The van der Waals surface area contributed by atoms with Gasteiger partial charge in [0.1, 0.15) is 7.05 Å². The number of aryl methyl sites for hydroxylation is 1. The van der Waals surface area contributed by atoms with Gasteiger partial charge in [0, 0.05) is 18.2 Å². The second-order valence-electron chi connectivity index (χ2n) is 4.54. The number of rotatable bonds is 5. The van der Waals surface area contributed by atoms with Crippen LogP contribution in [0.2, 0.25) is 0 Å². The summed E-state index contributed by atoms with van der Waals surface area (Å²) in [5, 5.41) is 11.0. The summed E-state index contributed by atoms with van der Waals surface area (Å²) in [5.41, 5.74) is 1.91. The molecule has 0 aliphatic rings. The van der Waals surface area contributed by atoms with Crippen molar-refractivity contribution in [2.24, 2.45) is 7.05 Å². The average molecular weight is 273 g/mol. The molecular weight excluding hydrogens is 256 g/mol. The van der Waals surface area contributed by atoms with Gasteiger partial charge in [-0.05, 0) is 29.7 Å². The zero-order chi connectivity index (χ0) is 14.5. The topological polar surface area (TPSA) is 56.2 Å². The molecule has 104 valence electrons. The van der Waals surface area contributed by atoms with Gasteiger partial charge in [0.05, 0.1) is 11.5 Å². The number of hydrogen-bond acceptors (Lipinski definition) is 3. The summed E-state index contributed by atoms with van der Waals surface area (Å²) in [6.07, 6.45) is 4.68. The number of nitro groups is 1. The van der Waals surface area contributed by atoms with E-state index < -0.39 is 4.92 Å². The number of hydrogen-bond donors (Lipinski definition) is 0. The highest BCUT2D eigenvalue weighted by Gasteiger charge is 2.16. The van der Waals surface area contributed by atoms with Crippen molar-refractivity contribution in [2.45, 2.75) is 13.3 Å². The highest BCUT2D eigenvalue weighted by atomic mass is 16.6. The van der Waals surface area contributed by atoms with E-state index >= 15 is 0 Å². The molecule has 5 heteroatoms. The fraction of sp³-hybridized carbons (Fsp3) is 0.267. The maximum absolute atomic E-state index is 11.0. The molecule has 0 atom stereocenters. The Morgan fingerprint density at radius 3 is 2.50 bits per heavy atom. The van der Waals surface area contributed by atoms with Gasteiger partial charge in [-0.15, -0.1) is 0 Å². The van der Waals surface area contributed by atoms with Gasteiger partial charge < -0.3 is 4.74 Å². The monoisotopic (exact) mass is 273 g/mol. The number of nitro benzene ring substituents is 1. The molecular formula is C15H17N2O3+. The Morgan fingerprint density at radius 2 is 1.90 bits per heavy atom. The van der Waals surface area contributed by atoms with Gasteiger partial charge in [-0.3, -0.25) is 10.1 Å². The van der Waals surface area contributed by atoms with Crippen molar-refractivity contribution in [3.8, 4) is 16.9 Å². The second-order valence-corrected chi connectivity index (χ2v) is 4.54. The maximum atomic E-state index is 11.0. The van der Waals surface area contributed by atoms with E-state index in [0.29, 0.717) is 12.4 Å². The number of ether oxygens (including phenoxy) is 1. The molecule has 2 rings (SSSR count). The van der Waals surface area contributed by atoms with Crippen molar-refractivity contribution in [3.63, 3.8) is 0 Å². The third-order valence-corrected chi connectivity index (χ3v) is 2.93. The molecule has 1 aromatic heterocycles. The van der Waals surface area contributed by atoms with Gasteiger partial charge in [-0.1, -0.05) is 6.92 Å². The average Bonchev–Trinajstić information content (AvgIpc) is 2.45. The summed E-state index contributed by atoms with van der Waals surface area (Å²) in [6, 6.07) is 8.89. The molecule has 20 heavy (non-hydrogen) atoms. The molecule has 0 aliphatic carbocycles. The van der Waals surface area contributed by atoms with Crippen LogP contribution in [0.1, 0.15) is 13.3 Å². The lowest BCUT2D eigenvalue weighted by Crippen LogP contribution is -2.25. The highest BCUT2D eigenvalue weighted by Crippen LogP contribution is 2.32. The number of nitrogens with zero attached hydrogens (tertiary/aromatic N) is 2. The normalized spacial score (nSPS) is 10.3. The molecule has 5 nitrogen and oxygen atoms in total. The minimum Gasteiger partial charge on any atom is -0.487 e. The lowest BCUT2D eigenvalue weighted by molar-refractivity contribution is -0.671. The standard InChI is InChI=1S/C15H17N2O3/c1-3-10-20-15-11-13(4-5-14(15)17(18)19)12-6-8-16(2)9-7-12/h4-9,11H,3,10H2,1-2H3/q+1. The van der Waals surface area contributed by atoms with Crippen molar-refractivity contribution < 1.29 is 14.2 Å². The molecule has 0 bridgehead atoms. The molecule has 0 aliphatic heterocycles. The lowest BCUT2D eigenvalue weighted by atomic mass is 10.1. The fourth-order valence-corrected chi connectivity index (χ4v) is 1.87. The summed E-state index contributed by atoms with van der Waals surface area (Å²) in [4.78, 5) is 10.6. The summed E-state index contributed by atoms with van der Waals surface area (Å²) >= 11 is 0. The Balaban J connectivity index is 2.40. The second kappa shape index (κ2) is 6.14. The van der Waals surface area contributed by atoms with Gasteiger partial charge in [0.25, 0.3) is 0 Å². The summed E-state index contributed by atoms with van der Waals surface area (Å²) < 4.78 is 7.42. The summed E-state index contributed by atoms with van der Waals surface area (Å²) in [5.74, 6) is 0.322. The van der Waals surface area contributed by atoms with Crippen molar-refractivity contribution in [1.82, 2.24) is 0 Å². The molecule has 1 heterocycles. The first-order valence-corrected chi connectivity index (χ1v) is 6.48. The van der Waals surface area contributed by atoms with Crippen LogP contribution in [0.15, 0.2) is 42.7 Å². The summed E-state index contributed by atoms with van der Waals surface area (Å²) in [6.45, 7) is 2.43. The van der Waals surface area contributed by atoms with Gasteiger partial charge in [0.15, 0.2) is 18.1 Å². The number of pyridine rings is 1. The van der Waals surface area contributed by atoms with Crippen LogP contribution in [0.3, 0.4) is 0 Å². The van der Waals surface area contributed by atoms with E-state index in [0.717, 1.165) is 17.5 Å². The Kier molecular flexibility index (Phi) is 4.30. The van der Waals surface area contributed by atoms with Crippen LogP contribution in [-0.4, -0.2) is 11.5 Å². The minimum atomic E-state index is -0.417. The molecule has 0 spiro atoms. The third-order valence-electron chi connectivity index (χ3n) is 2.93.